The zero-order valence-electron chi connectivity index (χ0n) is 16.2. The number of nitrogens with zero attached hydrogens (tertiary/aromatic N) is 3. The Bertz CT molecular complexity index is 910. The molecular weight excluding hydrogens is 362 g/mol. The number of likely N-dealkylation sites (N-methyl/N-ethyl adjacent to an activating group) is 1. The third-order valence-electron chi connectivity index (χ3n) is 4.51. The summed E-state index contributed by atoms with van der Waals surface area (Å²) in [6, 6.07) is 3.25. The van der Waals surface area contributed by atoms with Crippen LogP contribution in [0.3, 0.4) is 0 Å². The van der Waals surface area contributed by atoms with Crippen LogP contribution in [0.15, 0.2) is 24.5 Å². The van der Waals surface area contributed by atoms with Gasteiger partial charge in [0, 0.05) is 40.1 Å². The SMILES string of the molecule is [CH2]CCNC(=O)c1cc(NC(=O)c2cc(N(C)C(=O)C3CO3)cn2C)cn1C. The number of amides is 3. The van der Waals surface area contributed by atoms with Crippen LogP contribution in [-0.4, -0.2) is 53.2 Å². The summed E-state index contributed by atoms with van der Waals surface area (Å²) in [5.41, 5.74) is 1.93. The molecule has 1 aliphatic rings. The van der Waals surface area contributed by atoms with Crippen LogP contribution in [0, 0.1) is 6.92 Å². The van der Waals surface area contributed by atoms with Crippen LogP contribution in [0.1, 0.15) is 27.4 Å². The summed E-state index contributed by atoms with van der Waals surface area (Å²) in [6.07, 6.45) is 3.58. The molecule has 1 atom stereocenters. The molecule has 9 nitrogen and oxygen atoms in total. The van der Waals surface area contributed by atoms with E-state index in [9.17, 15) is 14.4 Å². The Labute approximate surface area is 163 Å². The lowest BCUT2D eigenvalue weighted by Gasteiger charge is -2.13. The first kappa shape index (κ1) is 19.7. The molecular formula is C19H24N5O4. The highest BCUT2D eigenvalue weighted by Gasteiger charge is 2.34. The van der Waals surface area contributed by atoms with Gasteiger partial charge in [-0.15, -0.1) is 0 Å². The maximum absolute atomic E-state index is 12.7. The van der Waals surface area contributed by atoms with Gasteiger partial charge in [-0.05, 0) is 18.6 Å². The number of carbonyl (C=O) groups excluding carboxylic acids is 3. The number of epoxide rings is 1. The lowest BCUT2D eigenvalue weighted by atomic mass is 10.3. The number of nitrogens with one attached hydrogen (secondary N) is 2. The average molecular weight is 386 g/mol. The third-order valence-corrected chi connectivity index (χ3v) is 4.51. The first-order valence-corrected chi connectivity index (χ1v) is 8.92. The van der Waals surface area contributed by atoms with Gasteiger partial charge in [-0.3, -0.25) is 14.4 Å². The quantitative estimate of drug-likeness (QED) is 0.692. The maximum atomic E-state index is 12.7. The second kappa shape index (κ2) is 7.89. The molecule has 149 valence electrons. The minimum absolute atomic E-state index is 0.140. The molecule has 2 N–H and O–H groups in total. The van der Waals surface area contributed by atoms with Gasteiger partial charge in [-0.1, -0.05) is 6.92 Å². The van der Waals surface area contributed by atoms with E-state index in [4.69, 9.17) is 4.74 Å². The Morgan fingerprint density at radius 3 is 2.46 bits per heavy atom. The molecule has 0 saturated carbocycles. The molecule has 9 heteroatoms. The van der Waals surface area contributed by atoms with Crippen molar-refractivity contribution >= 4 is 29.1 Å². The maximum Gasteiger partial charge on any atom is 0.272 e. The van der Waals surface area contributed by atoms with E-state index in [2.05, 4.69) is 17.6 Å². The topological polar surface area (TPSA) is 101 Å². The van der Waals surface area contributed by atoms with E-state index in [1.807, 2.05) is 0 Å². The Hall–Kier alpha value is -3.07. The highest BCUT2D eigenvalue weighted by Crippen LogP contribution is 2.22. The van der Waals surface area contributed by atoms with Gasteiger partial charge in [-0.25, -0.2) is 0 Å². The zero-order valence-corrected chi connectivity index (χ0v) is 16.2. The Morgan fingerprint density at radius 1 is 1.18 bits per heavy atom. The fourth-order valence-electron chi connectivity index (χ4n) is 2.84. The zero-order chi connectivity index (χ0) is 20.4. The predicted molar refractivity (Wildman–Crippen MR) is 104 cm³/mol. The molecule has 0 bridgehead atoms. The van der Waals surface area contributed by atoms with Crippen molar-refractivity contribution in [2.24, 2.45) is 14.1 Å². The molecule has 1 radical (unpaired) electrons. The molecule has 1 aliphatic heterocycles. The number of hydrogen-bond acceptors (Lipinski definition) is 4. The summed E-state index contributed by atoms with van der Waals surface area (Å²) >= 11 is 0. The summed E-state index contributed by atoms with van der Waals surface area (Å²) in [7, 11) is 5.11. The molecule has 0 aliphatic carbocycles. The van der Waals surface area contributed by atoms with Crippen molar-refractivity contribution in [1.82, 2.24) is 14.5 Å². The standard InChI is InChI=1S/C19H24N5O4/c1-5-6-20-17(25)14-7-12(9-22(14)2)21-18(26)15-8-13(10-23(15)3)24(4)19(27)16-11-28-16/h7-10,16H,1,5-6,11H2,2-4H3,(H,20,25)(H,21,26). The van der Waals surface area contributed by atoms with Crippen LogP contribution in [0.4, 0.5) is 11.4 Å². The van der Waals surface area contributed by atoms with E-state index in [1.165, 1.54) is 4.90 Å². The van der Waals surface area contributed by atoms with E-state index >= 15 is 0 Å². The van der Waals surface area contributed by atoms with Crippen LogP contribution in [-0.2, 0) is 23.6 Å². The summed E-state index contributed by atoms with van der Waals surface area (Å²) in [5, 5.41) is 5.54. The fourth-order valence-corrected chi connectivity index (χ4v) is 2.84. The van der Waals surface area contributed by atoms with Crippen molar-refractivity contribution in [1.29, 1.82) is 0 Å². The van der Waals surface area contributed by atoms with Gasteiger partial charge in [0.25, 0.3) is 17.7 Å². The van der Waals surface area contributed by atoms with Crippen LogP contribution < -0.4 is 15.5 Å². The number of aryl methyl sites for hydroxylation is 2. The van der Waals surface area contributed by atoms with Crippen molar-refractivity contribution in [3.8, 4) is 0 Å². The molecule has 3 amide bonds. The number of carbonyl (C=O) groups is 3. The number of ether oxygens (including phenoxy) is 1. The van der Waals surface area contributed by atoms with Gasteiger partial charge in [0.05, 0.1) is 18.0 Å². The summed E-state index contributed by atoms with van der Waals surface area (Å²) in [6.45, 7) is 4.60. The van der Waals surface area contributed by atoms with Crippen molar-refractivity contribution in [3.63, 3.8) is 0 Å². The second-order valence-corrected chi connectivity index (χ2v) is 6.70. The van der Waals surface area contributed by atoms with Gasteiger partial charge < -0.3 is 29.4 Å². The molecule has 3 rings (SSSR count). The summed E-state index contributed by atoms with van der Waals surface area (Å²) in [4.78, 5) is 38.4. The van der Waals surface area contributed by atoms with Gasteiger partial charge in [0.15, 0.2) is 6.10 Å². The first-order valence-electron chi connectivity index (χ1n) is 8.92. The first-order chi connectivity index (χ1) is 13.3. The molecule has 1 unspecified atom stereocenters. The Kier molecular flexibility index (Phi) is 5.55. The van der Waals surface area contributed by atoms with E-state index in [0.717, 1.165) is 0 Å². The molecule has 28 heavy (non-hydrogen) atoms. The largest absolute Gasteiger partial charge is 0.363 e. The number of hydrogen-bond donors (Lipinski definition) is 2. The minimum atomic E-state index is -0.389. The van der Waals surface area contributed by atoms with Gasteiger partial charge in [-0.2, -0.15) is 0 Å². The fraction of sp³-hybridized carbons (Fsp3) is 0.368. The van der Waals surface area contributed by atoms with E-state index in [0.29, 0.717) is 42.3 Å². The average Bonchev–Trinajstić information content (AvgIpc) is 3.34. The van der Waals surface area contributed by atoms with E-state index < -0.39 is 0 Å². The number of anilines is 2. The van der Waals surface area contributed by atoms with Gasteiger partial charge in [0.2, 0.25) is 0 Å². The van der Waals surface area contributed by atoms with E-state index in [1.54, 1.807) is 54.8 Å². The molecule has 1 saturated heterocycles. The van der Waals surface area contributed by atoms with Gasteiger partial charge >= 0.3 is 0 Å². The van der Waals surface area contributed by atoms with Crippen LogP contribution >= 0.6 is 0 Å². The summed E-state index contributed by atoms with van der Waals surface area (Å²) in [5.74, 6) is -0.707. The van der Waals surface area contributed by atoms with Crippen molar-refractivity contribution in [3.05, 3.63) is 42.8 Å². The van der Waals surface area contributed by atoms with E-state index in [-0.39, 0.29) is 23.8 Å². The van der Waals surface area contributed by atoms with Crippen LogP contribution in [0.2, 0.25) is 0 Å². The molecule has 1 fully saturated rings. The minimum Gasteiger partial charge on any atom is -0.363 e. The summed E-state index contributed by atoms with van der Waals surface area (Å²) < 4.78 is 8.31. The van der Waals surface area contributed by atoms with Crippen molar-refractivity contribution in [2.75, 3.05) is 30.4 Å². The van der Waals surface area contributed by atoms with Crippen LogP contribution in [0.25, 0.3) is 0 Å². The Balaban J connectivity index is 1.71. The number of rotatable bonds is 7. The highest BCUT2D eigenvalue weighted by molar-refractivity contribution is 6.06. The second-order valence-electron chi connectivity index (χ2n) is 6.70. The molecule has 2 aromatic heterocycles. The number of aromatic nitrogens is 2. The monoisotopic (exact) mass is 386 g/mol. The molecule has 0 spiro atoms. The Morgan fingerprint density at radius 2 is 1.82 bits per heavy atom. The molecule has 3 heterocycles. The lowest BCUT2D eigenvalue weighted by molar-refractivity contribution is -0.119. The molecule has 2 aromatic rings. The normalized spacial score (nSPS) is 15.2. The smallest absolute Gasteiger partial charge is 0.272 e. The van der Waals surface area contributed by atoms with Crippen molar-refractivity contribution < 1.29 is 19.1 Å². The lowest BCUT2D eigenvalue weighted by Crippen LogP contribution is -2.30. The highest BCUT2D eigenvalue weighted by atomic mass is 16.6. The van der Waals surface area contributed by atoms with Gasteiger partial charge in [0.1, 0.15) is 11.4 Å². The third kappa shape index (κ3) is 4.09. The molecule has 0 aromatic carbocycles. The van der Waals surface area contributed by atoms with Crippen LogP contribution in [0.5, 0.6) is 0 Å². The predicted octanol–water partition coefficient (Wildman–Crippen LogP) is 0.931. The van der Waals surface area contributed by atoms with Crippen molar-refractivity contribution in [2.45, 2.75) is 12.5 Å².